The first kappa shape index (κ1) is 19.8. The number of thiazole rings is 1. The molecule has 2 heterocycles. The molecule has 0 aliphatic carbocycles. The second kappa shape index (κ2) is 8.49. The van der Waals surface area contributed by atoms with E-state index < -0.39 is 5.97 Å². The SMILES string of the molecule is COC(=O)c1ccccc1C(=O)N(C[C@@H]1CCCO1)c1nc2c(Cl)cccc2s1. The van der Waals surface area contributed by atoms with Crippen LogP contribution >= 0.6 is 22.9 Å². The number of benzene rings is 2. The van der Waals surface area contributed by atoms with E-state index in [4.69, 9.17) is 21.1 Å². The molecule has 1 atom stereocenters. The van der Waals surface area contributed by atoms with E-state index in [-0.39, 0.29) is 23.1 Å². The molecule has 6 nitrogen and oxygen atoms in total. The minimum absolute atomic E-state index is 0.0771. The molecule has 8 heteroatoms. The molecular formula is C21H19ClN2O4S. The minimum atomic E-state index is -0.557. The molecule has 4 rings (SSSR count). The fraction of sp³-hybridized carbons (Fsp3) is 0.286. The summed E-state index contributed by atoms with van der Waals surface area (Å²) in [5.74, 6) is -0.880. The van der Waals surface area contributed by atoms with Crippen molar-refractivity contribution in [2.45, 2.75) is 18.9 Å². The second-order valence-electron chi connectivity index (χ2n) is 6.67. The summed E-state index contributed by atoms with van der Waals surface area (Å²) in [6, 6.07) is 12.2. The lowest BCUT2D eigenvalue weighted by Crippen LogP contribution is -2.38. The lowest BCUT2D eigenvalue weighted by Gasteiger charge is -2.23. The molecule has 0 saturated carbocycles. The molecule has 3 aromatic rings. The molecule has 1 aromatic heterocycles. The Kier molecular flexibility index (Phi) is 5.80. The van der Waals surface area contributed by atoms with Crippen molar-refractivity contribution in [1.29, 1.82) is 0 Å². The number of nitrogens with zero attached hydrogens (tertiary/aromatic N) is 2. The van der Waals surface area contributed by atoms with Crippen molar-refractivity contribution >= 4 is 50.2 Å². The van der Waals surface area contributed by atoms with E-state index in [2.05, 4.69) is 4.98 Å². The number of hydrogen-bond donors (Lipinski definition) is 0. The van der Waals surface area contributed by atoms with Gasteiger partial charge in [-0.25, -0.2) is 9.78 Å². The van der Waals surface area contributed by atoms with E-state index in [0.29, 0.717) is 28.8 Å². The Hall–Kier alpha value is -2.48. The molecule has 0 spiro atoms. The van der Waals surface area contributed by atoms with Crippen LogP contribution in [0.1, 0.15) is 33.6 Å². The van der Waals surface area contributed by atoms with Crippen LogP contribution in [0.25, 0.3) is 10.2 Å². The molecule has 0 unspecified atom stereocenters. The van der Waals surface area contributed by atoms with Gasteiger partial charge in [0, 0.05) is 6.61 Å². The van der Waals surface area contributed by atoms with Crippen LogP contribution in [-0.4, -0.2) is 43.2 Å². The molecule has 0 N–H and O–H groups in total. The van der Waals surface area contributed by atoms with Gasteiger partial charge in [0.25, 0.3) is 5.91 Å². The highest BCUT2D eigenvalue weighted by Gasteiger charge is 2.29. The summed E-state index contributed by atoms with van der Waals surface area (Å²) in [5.41, 5.74) is 1.14. The van der Waals surface area contributed by atoms with Crippen LogP contribution in [0, 0.1) is 0 Å². The number of esters is 1. The summed E-state index contributed by atoms with van der Waals surface area (Å²) in [7, 11) is 1.29. The first-order valence-electron chi connectivity index (χ1n) is 9.24. The Morgan fingerprint density at radius 3 is 2.72 bits per heavy atom. The minimum Gasteiger partial charge on any atom is -0.465 e. The van der Waals surface area contributed by atoms with Crippen molar-refractivity contribution in [2.75, 3.05) is 25.2 Å². The van der Waals surface area contributed by atoms with E-state index in [0.717, 1.165) is 17.5 Å². The van der Waals surface area contributed by atoms with Gasteiger partial charge in [0.15, 0.2) is 5.13 Å². The van der Waals surface area contributed by atoms with Crippen molar-refractivity contribution in [2.24, 2.45) is 0 Å². The molecular weight excluding hydrogens is 412 g/mol. The highest BCUT2D eigenvalue weighted by molar-refractivity contribution is 7.22. The molecule has 0 bridgehead atoms. The van der Waals surface area contributed by atoms with Crippen molar-refractivity contribution in [3.8, 4) is 0 Å². The van der Waals surface area contributed by atoms with Gasteiger partial charge in [-0.15, -0.1) is 0 Å². The smallest absolute Gasteiger partial charge is 0.338 e. The van der Waals surface area contributed by atoms with Crippen LogP contribution in [0.3, 0.4) is 0 Å². The molecule has 29 heavy (non-hydrogen) atoms. The van der Waals surface area contributed by atoms with Crippen LogP contribution in [0.4, 0.5) is 5.13 Å². The van der Waals surface area contributed by atoms with Gasteiger partial charge in [0.2, 0.25) is 0 Å². The molecule has 0 radical (unpaired) electrons. The number of methoxy groups -OCH3 is 1. The zero-order chi connectivity index (χ0) is 20.4. The molecule has 150 valence electrons. The number of fused-ring (bicyclic) bond motifs is 1. The third kappa shape index (κ3) is 3.99. The monoisotopic (exact) mass is 430 g/mol. The summed E-state index contributed by atoms with van der Waals surface area (Å²) < 4.78 is 11.5. The molecule has 1 fully saturated rings. The van der Waals surface area contributed by atoms with Gasteiger partial charge in [-0.3, -0.25) is 9.69 Å². The van der Waals surface area contributed by atoms with Crippen LogP contribution in [0.5, 0.6) is 0 Å². The standard InChI is InChI=1S/C21H19ClN2O4S/c1-27-20(26)15-8-3-2-7-14(15)19(25)24(12-13-6-5-11-28-13)21-23-18-16(22)9-4-10-17(18)29-21/h2-4,7-10,13H,5-6,11-12H2,1H3/t13-/m0/s1. The van der Waals surface area contributed by atoms with Crippen LogP contribution < -0.4 is 4.90 Å². The van der Waals surface area contributed by atoms with Gasteiger partial charge >= 0.3 is 5.97 Å². The Morgan fingerprint density at radius 2 is 2.03 bits per heavy atom. The van der Waals surface area contributed by atoms with Crippen molar-refractivity contribution in [1.82, 2.24) is 4.98 Å². The number of ether oxygens (including phenoxy) is 2. The number of carbonyl (C=O) groups excluding carboxylic acids is 2. The van der Waals surface area contributed by atoms with Gasteiger partial charge in [-0.05, 0) is 37.1 Å². The number of rotatable bonds is 5. The van der Waals surface area contributed by atoms with E-state index in [1.54, 1.807) is 35.2 Å². The number of amides is 1. The maximum atomic E-state index is 13.5. The summed E-state index contributed by atoms with van der Waals surface area (Å²) in [6.07, 6.45) is 1.75. The first-order chi connectivity index (χ1) is 14.1. The largest absolute Gasteiger partial charge is 0.465 e. The van der Waals surface area contributed by atoms with E-state index in [1.807, 2.05) is 12.1 Å². The zero-order valence-corrected chi connectivity index (χ0v) is 17.3. The molecule has 1 aliphatic rings. The fourth-order valence-corrected chi connectivity index (χ4v) is 4.63. The van der Waals surface area contributed by atoms with Gasteiger partial charge < -0.3 is 9.47 Å². The number of hydrogen-bond acceptors (Lipinski definition) is 6. The van der Waals surface area contributed by atoms with Gasteiger partial charge in [-0.1, -0.05) is 41.1 Å². The maximum absolute atomic E-state index is 13.5. The Labute approximate surface area is 177 Å². The Bertz CT molecular complexity index is 1060. The lowest BCUT2D eigenvalue weighted by molar-refractivity contribution is 0.0596. The molecule has 1 aliphatic heterocycles. The quantitative estimate of drug-likeness (QED) is 0.555. The Morgan fingerprint density at radius 1 is 1.24 bits per heavy atom. The second-order valence-corrected chi connectivity index (χ2v) is 8.09. The predicted molar refractivity (Wildman–Crippen MR) is 113 cm³/mol. The van der Waals surface area contributed by atoms with Gasteiger partial charge in [-0.2, -0.15) is 0 Å². The summed E-state index contributed by atoms with van der Waals surface area (Å²) >= 11 is 7.67. The van der Waals surface area contributed by atoms with Crippen molar-refractivity contribution in [3.63, 3.8) is 0 Å². The summed E-state index contributed by atoms with van der Waals surface area (Å²) in [4.78, 5) is 31.9. The lowest BCUT2D eigenvalue weighted by atomic mass is 10.1. The summed E-state index contributed by atoms with van der Waals surface area (Å²) in [5, 5.41) is 1.05. The maximum Gasteiger partial charge on any atom is 0.338 e. The summed E-state index contributed by atoms with van der Waals surface area (Å²) in [6.45, 7) is 1.03. The van der Waals surface area contributed by atoms with Crippen LogP contribution in [-0.2, 0) is 9.47 Å². The Balaban J connectivity index is 1.77. The average molecular weight is 431 g/mol. The normalized spacial score (nSPS) is 16.1. The average Bonchev–Trinajstić information content (AvgIpc) is 3.41. The van der Waals surface area contributed by atoms with E-state index >= 15 is 0 Å². The van der Waals surface area contributed by atoms with Crippen LogP contribution in [0.2, 0.25) is 5.02 Å². The number of para-hydroxylation sites is 1. The third-order valence-corrected chi connectivity index (χ3v) is 6.16. The predicted octanol–water partition coefficient (Wildman–Crippen LogP) is 4.56. The number of halogens is 1. The highest BCUT2D eigenvalue weighted by Crippen LogP contribution is 2.34. The van der Waals surface area contributed by atoms with E-state index in [9.17, 15) is 9.59 Å². The third-order valence-electron chi connectivity index (χ3n) is 4.81. The number of carbonyl (C=O) groups is 2. The topological polar surface area (TPSA) is 68.7 Å². The number of anilines is 1. The van der Waals surface area contributed by atoms with Crippen molar-refractivity contribution in [3.05, 3.63) is 58.6 Å². The zero-order valence-electron chi connectivity index (χ0n) is 15.8. The molecule has 1 saturated heterocycles. The first-order valence-corrected chi connectivity index (χ1v) is 10.4. The van der Waals surface area contributed by atoms with Crippen molar-refractivity contribution < 1.29 is 19.1 Å². The molecule has 1 amide bonds. The van der Waals surface area contributed by atoms with Crippen LogP contribution in [0.15, 0.2) is 42.5 Å². The van der Waals surface area contributed by atoms with Gasteiger partial charge in [0.1, 0.15) is 5.52 Å². The van der Waals surface area contributed by atoms with Gasteiger partial charge in [0.05, 0.1) is 40.6 Å². The van der Waals surface area contributed by atoms with E-state index in [1.165, 1.54) is 18.4 Å². The molecule has 2 aromatic carbocycles. The highest BCUT2D eigenvalue weighted by atomic mass is 35.5. The fourth-order valence-electron chi connectivity index (χ4n) is 3.36. The number of aromatic nitrogens is 1.